The van der Waals surface area contributed by atoms with Crippen molar-refractivity contribution in [2.24, 2.45) is 0 Å². The largest absolute Gasteiger partial charge is 0.333 e. The molecular formula is C18H26N2OS2. The fraction of sp³-hybridized carbons (Fsp3) is 0.611. The number of carbonyl (C=O) groups is 1. The van der Waals surface area contributed by atoms with Crippen LogP contribution in [0.15, 0.2) is 29.2 Å². The van der Waals surface area contributed by atoms with E-state index in [4.69, 9.17) is 0 Å². The van der Waals surface area contributed by atoms with Gasteiger partial charge >= 0.3 is 0 Å². The zero-order valence-electron chi connectivity index (χ0n) is 13.9. The summed E-state index contributed by atoms with van der Waals surface area (Å²) in [7, 11) is 0. The van der Waals surface area contributed by atoms with Crippen molar-refractivity contribution < 1.29 is 4.79 Å². The molecule has 1 atom stereocenters. The van der Waals surface area contributed by atoms with Gasteiger partial charge in [-0.25, -0.2) is 0 Å². The molecule has 2 fully saturated rings. The summed E-state index contributed by atoms with van der Waals surface area (Å²) in [6.45, 7) is 4.34. The molecule has 23 heavy (non-hydrogen) atoms. The number of rotatable bonds is 4. The fourth-order valence-electron chi connectivity index (χ4n) is 3.49. The molecule has 0 spiro atoms. The summed E-state index contributed by atoms with van der Waals surface area (Å²) in [5.41, 5.74) is 0.873. The van der Waals surface area contributed by atoms with E-state index in [9.17, 15) is 4.79 Å². The zero-order chi connectivity index (χ0) is 16.1. The van der Waals surface area contributed by atoms with Crippen LogP contribution >= 0.6 is 23.5 Å². The van der Waals surface area contributed by atoms with Crippen LogP contribution in [0.2, 0.25) is 0 Å². The Morgan fingerprint density at radius 1 is 1.22 bits per heavy atom. The summed E-state index contributed by atoms with van der Waals surface area (Å²) in [5, 5.41) is 0. The summed E-state index contributed by atoms with van der Waals surface area (Å²) in [4.78, 5) is 19.0. The van der Waals surface area contributed by atoms with Crippen LogP contribution in [-0.4, -0.2) is 65.7 Å². The molecule has 0 radical (unpaired) electrons. The second-order valence-corrected chi connectivity index (χ2v) is 8.29. The molecule has 3 rings (SSSR count). The Balaban J connectivity index is 1.79. The standard InChI is InChI=1S/C18H26N2OS2/c1-22-17-8-3-2-7-16(17)18(21)20-11-6-12-23-14-15(20)13-19-9-4-5-10-19/h2-3,7-8,15H,4-6,9-14H2,1H3. The quantitative estimate of drug-likeness (QED) is 0.776. The van der Waals surface area contributed by atoms with Gasteiger partial charge in [0.05, 0.1) is 11.6 Å². The molecule has 5 heteroatoms. The van der Waals surface area contributed by atoms with Gasteiger partial charge in [-0.1, -0.05) is 12.1 Å². The lowest BCUT2D eigenvalue weighted by Gasteiger charge is -2.33. The molecule has 0 aliphatic carbocycles. The van der Waals surface area contributed by atoms with Gasteiger partial charge in [-0.15, -0.1) is 11.8 Å². The molecule has 0 saturated carbocycles. The van der Waals surface area contributed by atoms with E-state index in [1.54, 1.807) is 11.8 Å². The number of nitrogens with zero attached hydrogens (tertiary/aromatic N) is 2. The lowest BCUT2D eigenvalue weighted by molar-refractivity contribution is 0.0663. The molecular weight excluding hydrogens is 324 g/mol. The highest BCUT2D eigenvalue weighted by molar-refractivity contribution is 7.99. The van der Waals surface area contributed by atoms with Crippen molar-refractivity contribution in [2.75, 3.05) is 43.9 Å². The molecule has 0 N–H and O–H groups in total. The van der Waals surface area contributed by atoms with Gasteiger partial charge in [-0.3, -0.25) is 4.79 Å². The molecule has 2 aliphatic rings. The normalized spacial score (nSPS) is 23.0. The molecule has 0 aromatic heterocycles. The Bertz CT molecular complexity index is 532. The highest BCUT2D eigenvalue weighted by atomic mass is 32.2. The van der Waals surface area contributed by atoms with Gasteiger partial charge in [0.1, 0.15) is 0 Å². The SMILES string of the molecule is CSc1ccccc1C(=O)N1CCCSCC1CN1CCCC1. The lowest BCUT2D eigenvalue weighted by atomic mass is 10.1. The maximum Gasteiger partial charge on any atom is 0.255 e. The van der Waals surface area contributed by atoms with E-state index in [1.807, 2.05) is 36.2 Å². The van der Waals surface area contributed by atoms with E-state index in [-0.39, 0.29) is 5.91 Å². The molecule has 2 heterocycles. The summed E-state index contributed by atoms with van der Waals surface area (Å²) < 4.78 is 0. The Labute approximate surface area is 148 Å². The third-order valence-electron chi connectivity index (χ3n) is 4.70. The van der Waals surface area contributed by atoms with Crippen LogP contribution in [0.3, 0.4) is 0 Å². The number of carbonyl (C=O) groups excluding carboxylic acids is 1. The fourth-order valence-corrected chi connectivity index (χ4v) is 5.13. The van der Waals surface area contributed by atoms with E-state index in [0.29, 0.717) is 6.04 Å². The molecule has 3 nitrogen and oxygen atoms in total. The van der Waals surface area contributed by atoms with Gasteiger partial charge in [-0.05, 0) is 56.5 Å². The van der Waals surface area contributed by atoms with Crippen LogP contribution in [0.1, 0.15) is 29.6 Å². The second-order valence-electron chi connectivity index (χ2n) is 6.29. The topological polar surface area (TPSA) is 23.6 Å². The van der Waals surface area contributed by atoms with Crippen LogP contribution in [-0.2, 0) is 0 Å². The predicted octanol–water partition coefficient (Wildman–Crippen LogP) is 3.45. The number of hydrogen-bond acceptors (Lipinski definition) is 4. The van der Waals surface area contributed by atoms with Gasteiger partial charge in [0.15, 0.2) is 0 Å². The predicted molar refractivity (Wildman–Crippen MR) is 101 cm³/mol. The zero-order valence-corrected chi connectivity index (χ0v) is 15.5. The highest BCUT2D eigenvalue weighted by Gasteiger charge is 2.29. The summed E-state index contributed by atoms with van der Waals surface area (Å²) in [5.74, 6) is 2.47. The highest BCUT2D eigenvalue weighted by Crippen LogP contribution is 2.25. The summed E-state index contributed by atoms with van der Waals surface area (Å²) in [6.07, 6.45) is 5.77. The van der Waals surface area contributed by atoms with Crippen LogP contribution < -0.4 is 0 Å². The molecule has 1 aromatic carbocycles. The third-order valence-corrected chi connectivity index (χ3v) is 6.70. The first-order valence-corrected chi connectivity index (χ1v) is 10.9. The number of amides is 1. The van der Waals surface area contributed by atoms with Crippen molar-refractivity contribution in [3.8, 4) is 0 Å². The van der Waals surface area contributed by atoms with Crippen molar-refractivity contribution in [3.05, 3.63) is 29.8 Å². The molecule has 126 valence electrons. The van der Waals surface area contributed by atoms with Crippen LogP contribution in [0.4, 0.5) is 0 Å². The van der Waals surface area contributed by atoms with Gasteiger partial charge in [0.25, 0.3) is 5.91 Å². The van der Waals surface area contributed by atoms with E-state index >= 15 is 0 Å². The van der Waals surface area contributed by atoms with Crippen LogP contribution in [0.25, 0.3) is 0 Å². The average Bonchev–Trinajstić information content (AvgIpc) is 2.99. The van der Waals surface area contributed by atoms with Crippen molar-refractivity contribution >= 4 is 29.4 Å². The number of benzene rings is 1. The molecule has 1 aromatic rings. The van der Waals surface area contributed by atoms with Gasteiger partial charge < -0.3 is 9.80 Å². The molecule has 1 amide bonds. The summed E-state index contributed by atoms with van der Waals surface area (Å²) in [6, 6.07) is 8.39. The minimum absolute atomic E-state index is 0.224. The molecule has 0 bridgehead atoms. The number of hydrogen-bond donors (Lipinski definition) is 0. The maximum atomic E-state index is 13.2. The first-order chi connectivity index (χ1) is 11.3. The van der Waals surface area contributed by atoms with Gasteiger partial charge in [-0.2, -0.15) is 11.8 Å². The minimum atomic E-state index is 0.224. The first-order valence-electron chi connectivity index (χ1n) is 8.53. The third kappa shape index (κ3) is 4.25. The van der Waals surface area contributed by atoms with Crippen molar-refractivity contribution in [3.63, 3.8) is 0 Å². The monoisotopic (exact) mass is 350 g/mol. The minimum Gasteiger partial charge on any atom is -0.333 e. The second kappa shape index (κ2) is 8.45. The van der Waals surface area contributed by atoms with Crippen LogP contribution in [0, 0.1) is 0 Å². The smallest absolute Gasteiger partial charge is 0.255 e. The van der Waals surface area contributed by atoms with E-state index < -0.39 is 0 Å². The van der Waals surface area contributed by atoms with E-state index in [2.05, 4.69) is 15.9 Å². The van der Waals surface area contributed by atoms with E-state index in [0.717, 1.165) is 35.7 Å². The number of likely N-dealkylation sites (tertiary alicyclic amines) is 1. The molecule has 1 unspecified atom stereocenters. The number of thioether (sulfide) groups is 2. The van der Waals surface area contributed by atoms with Crippen LogP contribution in [0.5, 0.6) is 0 Å². The Morgan fingerprint density at radius 3 is 2.78 bits per heavy atom. The Hall–Kier alpha value is -0.650. The van der Waals surface area contributed by atoms with Crippen molar-refractivity contribution in [1.82, 2.24) is 9.80 Å². The Morgan fingerprint density at radius 2 is 2.00 bits per heavy atom. The summed E-state index contributed by atoms with van der Waals surface area (Å²) >= 11 is 3.67. The first kappa shape index (κ1) is 17.2. The lowest BCUT2D eigenvalue weighted by Crippen LogP contribution is -2.47. The molecule has 2 aliphatic heterocycles. The van der Waals surface area contributed by atoms with Crippen molar-refractivity contribution in [1.29, 1.82) is 0 Å². The van der Waals surface area contributed by atoms with E-state index in [1.165, 1.54) is 31.7 Å². The van der Waals surface area contributed by atoms with Crippen molar-refractivity contribution in [2.45, 2.75) is 30.2 Å². The van der Waals surface area contributed by atoms with Gasteiger partial charge in [0, 0.05) is 23.7 Å². The average molecular weight is 351 g/mol. The maximum absolute atomic E-state index is 13.2. The molecule has 2 saturated heterocycles. The van der Waals surface area contributed by atoms with Gasteiger partial charge in [0.2, 0.25) is 0 Å². The Kier molecular flexibility index (Phi) is 6.31.